The van der Waals surface area contributed by atoms with Crippen molar-refractivity contribution in [3.63, 3.8) is 0 Å². The number of methoxy groups -OCH3 is 2. The van der Waals surface area contributed by atoms with Crippen LogP contribution in [0.1, 0.15) is 12.3 Å². The third-order valence-electron chi connectivity index (χ3n) is 4.01. The van der Waals surface area contributed by atoms with E-state index in [9.17, 15) is 9.18 Å². The van der Waals surface area contributed by atoms with Crippen molar-refractivity contribution < 1.29 is 23.1 Å². The van der Waals surface area contributed by atoms with Crippen molar-refractivity contribution in [2.45, 2.75) is 12.8 Å². The van der Waals surface area contributed by atoms with E-state index in [1.165, 1.54) is 26.5 Å². The molecule has 0 radical (unpaired) electrons. The van der Waals surface area contributed by atoms with E-state index in [2.05, 4.69) is 10.3 Å². The van der Waals surface area contributed by atoms with Gasteiger partial charge in [0.1, 0.15) is 17.3 Å². The molecule has 1 amide bonds. The number of benzene rings is 2. The minimum absolute atomic E-state index is 0.116. The van der Waals surface area contributed by atoms with E-state index in [0.29, 0.717) is 39.4 Å². The molecule has 2 aromatic carbocycles. The summed E-state index contributed by atoms with van der Waals surface area (Å²) < 4.78 is 29.8. The molecule has 0 spiro atoms. The molecule has 146 valence electrons. The number of aryl methyl sites for hydroxylation is 1. The summed E-state index contributed by atoms with van der Waals surface area (Å²) in [6.07, 6.45) is 1.82. The molecule has 0 aliphatic heterocycles. The lowest BCUT2D eigenvalue weighted by molar-refractivity contribution is -0.116. The molecule has 0 bridgehead atoms. The van der Waals surface area contributed by atoms with E-state index in [1.54, 1.807) is 30.3 Å². The Morgan fingerprint density at radius 1 is 1.21 bits per heavy atom. The number of aromatic nitrogens is 1. The molecule has 0 saturated heterocycles. The van der Waals surface area contributed by atoms with Crippen LogP contribution >= 0.6 is 11.6 Å². The number of halogens is 2. The summed E-state index contributed by atoms with van der Waals surface area (Å²) >= 11 is 6.06. The number of hydrogen-bond donors (Lipinski definition) is 1. The molecule has 28 heavy (non-hydrogen) atoms. The molecule has 0 unspecified atom stereocenters. The molecule has 8 heteroatoms. The maximum absolute atomic E-state index is 13.8. The first-order valence-corrected chi connectivity index (χ1v) is 8.80. The zero-order valence-electron chi connectivity index (χ0n) is 15.3. The van der Waals surface area contributed by atoms with Crippen LogP contribution in [0.25, 0.3) is 11.3 Å². The average molecular weight is 405 g/mol. The standard InChI is InChI=1S/C20H18ClFN2O4/c1-26-16-10-15(17(27-2)9-13(16)21)24-19(25)7-8-20-23-11-18(28-20)12-5-3-4-6-14(12)22/h3-6,9-11H,7-8H2,1-2H3,(H,24,25). The second kappa shape index (κ2) is 8.75. The van der Waals surface area contributed by atoms with Crippen LogP contribution in [-0.4, -0.2) is 25.1 Å². The van der Waals surface area contributed by atoms with Gasteiger partial charge < -0.3 is 19.2 Å². The van der Waals surface area contributed by atoms with Crippen molar-refractivity contribution in [2.24, 2.45) is 0 Å². The SMILES string of the molecule is COc1cc(NC(=O)CCc2ncc(-c3ccccc3F)o2)c(OC)cc1Cl. The second-order valence-corrected chi connectivity index (χ2v) is 6.24. The maximum Gasteiger partial charge on any atom is 0.224 e. The molecule has 0 fully saturated rings. The number of rotatable bonds is 7. The van der Waals surface area contributed by atoms with Crippen LogP contribution in [0, 0.1) is 5.82 Å². The number of ether oxygens (including phenoxy) is 2. The number of oxazole rings is 1. The molecule has 0 aliphatic rings. The molecule has 3 rings (SSSR count). The molecule has 1 heterocycles. The lowest BCUT2D eigenvalue weighted by Gasteiger charge is -2.13. The molecule has 0 aliphatic carbocycles. The normalized spacial score (nSPS) is 10.6. The largest absolute Gasteiger partial charge is 0.495 e. The van der Waals surface area contributed by atoms with Crippen molar-refractivity contribution in [2.75, 3.05) is 19.5 Å². The van der Waals surface area contributed by atoms with Gasteiger partial charge in [0.15, 0.2) is 11.7 Å². The number of carbonyl (C=O) groups is 1. The minimum atomic E-state index is -0.397. The molecule has 6 nitrogen and oxygen atoms in total. The van der Waals surface area contributed by atoms with E-state index >= 15 is 0 Å². The molecular weight excluding hydrogens is 387 g/mol. The number of nitrogens with one attached hydrogen (secondary N) is 1. The van der Waals surface area contributed by atoms with Gasteiger partial charge in [-0.2, -0.15) is 0 Å². The highest BCUT2D eigenvalue weighted by Gasteiger charge is 2.15. The van der Waals surface area contributed by atoms with Crippen LogP contribution in [0.2, 0.25) is 5.02 Å². The first kappa shape index (κ1) is 19.7. The van der Waals surface area contributed by atoms with Gasteiger partial charge in [-0.05, 0) is 12.1 Å². The summed E-state index contributed by atoms with van der Waals surface area (Å²) in [5.41, 5.74) is 0.761. The smallest absolute Gasteiger partial charge is 0.224 e. The van der Waals surface area contributed by atoms with Crippen molar-refractivity contribution in [3.05, 3.63) is 59.3 Å². The quantitative estimate of drug-likeness (QED) is 0.616. The minimum Gasteiger partial charge on any atom is -0.495 e. The fourth-order valence-electron chi connectivity index (χ4n) is 2.60. The molecule has 3 aromatic rings. The maximum atomic E-state index is 13.8. The van der Waals surface area contributed by atoms with Crippen LogP contribution < -0.4 is 14.8 Å². The van der Waals surface area contributed by atoms with E-state index < -0.39 is 5.82 Å². The van der Waals surface area contributed by atoms with E-state index in [0.717, 1.165) is 0 Å². The highest BCUT2D eigenvalue weighted by molar-refractivity contribution is 6.32. The Hall–Kier alpha value is -3.06. The van der Waals surface area contributed by atoms with Gasteiger partial charge in [-0.3, -0.25) is 4.79 Å². The number of anilines is 1. The average Bonchev–Trinajstić information content (AvgIpc) is 3.16. The van der Waals surface area contributed by atoms with Gasteiger partial charge in [0.2, 0.25) is 5.91 Å². The van der Waals surface area contributed by atoms with Gasteiger partial charge >= 0.3 is 0 Å². The lowest BCUT2D eigenvalue weighted by Crippen LogP contribution is -2.13. The summed E-state index contributed by atoms with van der Waals surface area (Å²) in [6, 6.07) is 9.40. The Morgan fingerprint density at radius 2 is 1.96 bits per heavy atom. The summed E-state index contributed by atoms with van der Waals surface area (Å²) in [5, 5.41) is 3.12. The summed E-state index contributed by atoms with van der Waals surface area (Å²) in [6.45, 7) is 0. The van der Waals surface area contributed by atoms with Gasteiger partial charge in [0.25, 0.3) is 0 Å². The first-order valence-electron chi connectivity index (χ1n) is 8.42. The van der Waals surface area contributed by atoms with Crippen molar-refractivity contribution >= 4 is 23.2 Å². The zero-order valence-corrected chi connectivity index (χ0v) is 16.0. The number of hydrogen-bond acceptors (Lipinski definition) is 5. The summed E-state index contributed by atoms with van der Waals surface area (Å²) in [4.78, 5) is 16.4. The fourth-order valence-corrected chi connectivity index (χ4v) is 2.83. The van der Waals surface area contributed by atoms with Gasteiger partial charge in [0.05, 0.1) is 36.7 Å². The molecular formula is C20H18ClFN2O4. The van der Waals surface area contributed by atoms with Crippen LogP contribution in [0.3, 0.4) is 0 Å². The van der Waals surface area contributed by atoms with Crippen LogP contribution in [-0.2, 0) is 11.2 Å². The Kier molecular flexibility index (Phi) is 6.16. The Bertz CT molecular complexity index is 990. The summed E-state index contributed by atoms with van der Waals surface area (Å²) in [7, 11) is 2.96. The fraction of sp³-hybridized carbons (Fsp3) is 0.200. The Morgan fingerprint density at radius 3 is 2.68 bits per heavy atom. The number of nitrogens with zero attached hydrogens (tertiary/aromatic N) is 1. The van der Waals surface area contributed by atoms with Gasteiger partial charge in [-0.1, -0.05) is 23.7 Å². The Labute approximate surface area is 166 Å². The third-order valence-corrected chi connectivity index (χ3v) is 4.30. The highest BCUT2D eigenvalue weighted by Crippen LogP contribution is 2.36. The zero-order chi connectivity index (χ0) is 20.1. The van der Waals surface area contributed by atoms with E-state index in [4.69, 9.17) is 25.5 Å². The van der Waals surface area contributed by atoms with E-state index in [-0.39, 0.29) is 18.7 Å². The van der Waals surface area contributed by atoms with Crippen molar-refractivity contribution in [1.82, 2.24) is 4.98 Å². The third kappa shape index (κ3) is 4.43. The highest BCUT2D eigenvalue weighted by atomic mass is 35.5. The van der Waals surface area contributed by atoms with Crippen LogP contribution in [0.15, 0.2) is 47.0 Å². The monoisotopic (exact) mass is 404 g/mol. The van der Waals surface area contributed by atoms with Crippen molar-refractivity contribution in [3.8, 4) is 22.8 Å². The number of amides is 1. The summed E-state index contributed by atoms with van der Waals surface area (Å²) in [5.74, 6) is 0.823. The van der Waals surface area contributed by atoms with Crippen molar-refractivity contribution in [1.29, 1.82) is 0 Å². The predicted molar refractivity (Wildman–Crippen MR) is 103 cm³/mol. The van der Waals surface area contributed by atoms with Crippen LogP contribution in [0.5, 0.6) is 11.5 Å². The number of carbonyl (C=O) groups excluding carboxylic acids is 1. The van der Waals surface area contributed by atoms with E-state index in [1.807, 2.05) is 0 Å². The first-order chi connectivity index (χ1) is 13.5. The lowest BCUT2D eigenvalue weighted by atomic mass is 10.2. The predicted octanol–water partition coefficient (Wildman–Crippen LogP) is 4.72. The molecule has 0 atom stereocenters. The second-order valence-electron chi connectivity index (χ2n) is 5.83. The molecule has 1 N–H and O–H groups in total. The van der Waals surface area contributed by atoms with Gasteiger partial charge in [-0.25, -0.2) is 9.37 Å². The van der Waals surface area contributed by atoms with Gasteiger partial charge in [-0.15, -0.1) is 0 Å². The van der Waals surface area contributed by atoms with Gasteiger partial charge in [0, 0.05) is 25.0 Å². The Balaban J connectivity index is 1.65. The topological polar surface area (TPSA) is 73.6 Å². The van der Waals surface area contributed by atoms with Crippen LogP contribution in [0.4, 0.5) is 10.1 Å². The molecule has 0 saturated carbocycles. The molecule has 1 aromatic heterocycles.